The van der Waals surface area contributed by atoms with Crippen molar-refractivity contribution >= 4 is 5.95 Å². The molecule has 0 aliphatic heterocycles. The molecule has 0 unspecified atom stereocenters. The van der Waals surface area contributed by atoms with E-state index in [1.807, 2.05) is 32.2 Å². The summed E-state index contributed by atoms with van der Waals surface area (Å²) in [5.74, 6) is 0.581. The lowest BCUT2D eigenvalue weighted by Crippen LogP contribution is -2.10. The van der Waals surface area contributed by atoms with Crippen LogP contribution in [0.15, 0.2) is 24.5 Å². The van der Waals surface area contributed by atoms with E-state index in [-0.39, 0.29) is 0 Å². The summed E-state index contributed by atoms with van der Waals surface area (Å²) >= 11 is 0. The molecule has 0 radical (unpaired) electrons. The van der Waals surface area contributed by atoms with Gasteiger partial charge in [-0.05, 0) is 31.9 Å². The van der Waals surface area contributed by atoms with Gasteiger partial charge in [-0.25, -0.2) is 4.98 Å². The molecule has 2 aromatic rings. The van der Waals surface area contributed by atoms with E-state index in [1.54, 1.807) is 6.20 Å². The van der Waals surface area contributed by atoms with Gasteiger partial charge in [0, 0.05) is 18.9 Å². The molecule has 0 aromatic carbocycles. The Balaban J connectivity index is 1.88. The quantitative estimate of drug-likeness (QED) is 0.861. The lowest BCUT2D eigenvalue weighted by molar-refractivity contribution is 0.877. The van der Waals surface area contributed by atoms with Crippen LogP contribution in [0.4, 0.5) is 5.95 Å². The fraction of sp³-hybridized carbons (Fsp3) is 0.333. The van der Waals surface area contributed by atoms with Crippen molar-refractivity contribution in [2.75, 3.05) is 11.9 Å². The molecule has 1 N–H and O–H groups in total. The van der Waals surface area contributed by atoms with Crippen molar-refractivity contribution in [1.29, 1.82) is 0 Å². The van der Waals surface area contributed by atoms with Crippen molar-refractivity contribution in [3.8, 4) is 0 Å². The van der Waals surface area contributed by atoms with E-state index in [2.05, 4.69) is 25.5 Å². The molecule has 0 amide bonds. The number of aryl methyl sites for hydroxylation is 2. The minimum absolute atomic E-state index is 0.581. The molecule has 88 valence electrons. The van der Waals surface area contributed by atoms with Crippen LogP contribution >= 0.6 is 0 Å². The molecule has 0 aliphatic rings. The Labute approximate surface area is 100 Å². The lowest BCUT2D eigenvalue weighted by Gasteiger charge is -2.05. The van der Waals surface area contributed by atoms with Gasteiger partial charge in [-0.3, -0.25) is 4.98 Å². The molecule has 5 nitrogen and oxygen atoms in total. The predicted octanol–water partition coefficient (Wildman–Crippen LogP) is 1.54. The smallest absolute Gasteiger partial charge is 0.242 e. The zero-order valence-corrected chi connectivity index (χ0v) is 10.0. The van der Waals surface area contributed by atoms with Crippen LogP contribution in [0.25, 0.3) is 0 Å². The summed E-state index contributed by atoms with van der Waals surface area (Å²) in [7, 11) is 0. The highest BCUT2D eigenvalue weighted by molar-refractivity contribution is 5.25. The predicted molar refractivity (Wildman–Crippen MR) is 65.7 cm³/mol. The minimum atomic E-state index is 0.581. The van der Waals surface area contributed by atoms with Crippen LogP contribution in [0.5, 0.6) is 0 Å². The summed E-state index contributed by atoms with van der Waals surface area (Å²) in [6.45, 7) is 4.60. The van der Waals surface area contributed by atoms with Crippen LogP contribution in [-0.4, -0.2) is 26.7 Å². The Bertz CT molecular complexity index is 484. The Morgan fingerprint density at radius 2 is 2.06 bits per heavy atom. The zero-order valence-electron chi connectivity index (χ0n) is 10.0. The molecule has 5 heteroatoms. The number of anilines is 1. The fourth-order valence-electron chi connectivity index (χ4n) is 1.40. The van der Waals surface area contributed by atoms with E-state index >= 15 is 0 Å². The van der Waals surface area contributed by atoms with Crippen molar-refractivity contribution in [2.24, 2.45) is 0 Å². The largest absolute Gasteiger partial charge is 0.353 e. The highest BCUT2D eigenvalue weighted by Gasteiger charge is 2.00. The SMILES string of the molecule is Cc1nnc(NCCc2cccnc2)nc1C. The molecule has 0 bridgehead atoms. The molecule has 0 atom stereocenters. The van der Waals surface area contributed by atoms with Crippen LogP contribution in [0.2, 0.25) is 0 Å². The molecule has 2 rings (SSSR count). The molecule has 0 saturated carbocycles. The first-order chi connectivity index (χ1) is 8.25. The first kappa shape index (κ1) is 11.4. The van der Waals surface area contributed by atoms with Gasteiger partial charge in [-0.1, -0.05) is 6.07 Å². The molecule has 2 aromatic heterocycles. The molecular formula is C12H15N5. The summed E-state index contributed by atoms with van der Waals surface area (Å²) in [5.41, 5.74) is 2.96. The van der Waals surface area contributed by atoms with E-state index in [1.165, 1.54) is 5.56 Å². The van der Waals surface area contributed by atoms with E-state index < -0.39 is 0 Å². The standard InChI is InChI=1S/C12H15N5/c1-9-10(2)16-17-12(15-9)14-7-5-11-4-3-6-13-8-11/h3-4,6,8H,5,7H2,1-2H3,(H,14,15,17). The van der Waals surface area contributed by atoms with E-state index in [4.69, 9.17) is 0 Å². The van der Waals surface area contributed by atoms with Gasteiger partial charge >= 0.3 is 0 Å². The van der Waals surface area contributed by atoms with Crippen molar-refractivity contribution < 1.29 is 0 Å². The van der Waals surface area contributed by atoms with Gasteiger partial charge in [0.2, 0.25) is 5.95 Å². The number of hydrogen-bond acceptors (Lipinski definition) is 5. The van der Waals surface area contributed by atoms with Gasteiger partial charge in [0.1, 0.15) is 0 Å². The van der Waals surface area contributed by atoms with Gasteiger partial charge < -0.3 is 5.32 Å². The molecule has 2 heterocycles. The second-order valence-corrected chi connectivity index (χ2v) is 3.84. The van der Waals surface area contributed by atoms with E-state index in [0.29, 0.717) is 5.95 Å². The molecule has 0 spiro atoms. The van der Waals surface area contributed by atoms with Gasteiger partial charge in [-0.15, -0.1) is 5.10 Å². The maximum atomic E-state index is 4.30. The van der Waals surface area contributed by atoms with Crippen molar-refractivity contribution in [3.63, 3.8) is 0 Å². The monoisotopic (exact) mass is 229 g/mol. The summed E-state index contributed by atoms with van der Waals surface area (Å²) in [6.07, 6.45) is 4.53. The normalized spacial score (nSPS) is 10.2. The van der Waals surface area contributed by atoms with Gasteiger partial charge in [0.05, 0.1) is 11.4 Å². The highest BCUT2D eigenvalue weighted by Crippen LogP contribution is 2.02. The van der Waals surface area contributed by atoms with Crippen LogP contribution in [0.1, 0.15) is 17.0 Å². The van der Waals surface area contributed by atoms with Gasteiger partial charge in [0.15, 0.2) is 0 Å². The van der Waals surface area contributed by atoms with Crippen LogP contribution in [-0.2, 0) is 6.42 Å². The second-order valence-electron chi connectivity index (χ2n) is 3.84. The third-order valence-corrected chi connectivity index (χ3v) is 2.51. The van der Waals surface area contributed by atoms with Crippen LogP contribution in [0, 0.1) is 13.8 Å². The number of hydrogen-bond donors (Lipinski definition) is 1. The highest BCUT2D eigenvalue weighted by atomic mass is 15.2. The maximum Gasteiger partial charge on any atom is 0.242 e. The number of nitrogens with zero attached hydrogens (tertiary/aromatic N) is 4. The second kappa shape index (κ2) is 5.34. The lowest BCUT2D eigenvalue weighted by atomic mass is 10.2. The third-order valence-electron chi connectivity index (χ3n) is 2.51. The molecule has 0 fully saturated rings. The Hall–Kier alpha value is -2.04. The topological polar surface area (TPSA) is 63.6 Å². The zero-order chi connectivity index (χ0) is 12.1. The third kappa shape index (κ3) is 3.21. The minimum Gasteiger partial charge on any atom is -0.353 e. The van der Waals surface area contributed by atoms with Crippen LogP contribution < -0.4 is 5.32 Å². The Morgan fingerprint density at radius 1 is 1.18 bits per heavy atom. The summed E-state index contributed by atoms with van der Waals surface area (Å²) < 4.78 is 0. The average molecular weight is 229 g/mol. The molecule has 17 heavy (non-hydrogen) atoms. The first-order valence-corrected chi connectivity index (χ1v) is 5.56. The van der Waals surface area contributed by atoms with Gasteiger partial charge in [0.25, 0.3) is 0 Å². The van der Waals surface area contributed by atoms with Gasteiger partial charge in [-0.2, -0.15) is 5.10 Å². The Kier molecular flexibility index (Phi) is 3.59. The summed E-state index contributed by atoms with van der Waals surface area (Å²) in [5, 5.41) is 11.1. The Morgan fingerprint density at radius 3 is 2.76 bits per heavy atom. The maximum absolute atomic E-state index is 4.30. The molecular weight excluding hydrogens is 214 g/mol. The van der Waals surface area contributed by atoms with Crippen molar-refractivity contribution in [2.45, 2.75) is 20.3 Å². The van der Waals surface area contributed by atoms with Crippen molar-refractivity contribution in [3.05, 3.63) is 41.5 Å². The summed E-state index contributed by atoms with van der Waals surface area (Å²) in [4.78, 5) is 8.37. The summed E-state index contributed by atoms with van der Waals surface area (Å²) in [6, 6.07) is 3.98. The van der Waals surface area contributed by atoms with E-state index in [9.17, 15) is 0 Å². The number of pyridine rings is 1. The van der Waals surface area contributed by atoms with Crippen molar-refractivity contribution in [1.82, 2.24) is 20.2 Å². The number of nitrogens with one attached hydrogen (secondary N) is 1. The first-order valence-electron chi connectivity index (χ1n) is 5.56. The number of aromatic nitrogens is 4. The van der Waals surface area contributed by atoms with Crippen LogP contribution in [0.3, 0.4) is 0 Å². The van der Waals surface area contributed by atoms with E-state index in [0.717, 1.165) is 24.4 Å². The average Bonchev–Trinajstić information content (AvgIpc) is 2.35. The molecule has 0 saturated heterocycles. The number of rotatable bonds is 4. The molecule has 0 aliphatic carbocycles. The fourth-order valence-corrected chi connectivity index (χ4v) is 1.40.